The van der Waals surface area contributed by atoms with Crippen LogP contribution in [0.3, 0.4) is 0 Å². The molecule has 0 radical (unpaired) electrons. The van der Waals surface area contributed by atoms with Crippen LogP contribution < -0.4 is 5.73 Å². The van der Waals surface area contributed by atoms with Crippen molar-refractivity contribution >= 4 is 11.8 Å². The molecule has 1 aromatic heterocycles. The van der Waals surface area contributed by atoms with Crippen LogP contribution in [0, 0.1) is 0 Å². The number of hydrogen-bond donors (Lipinski definition) is 1. The van der Waals surface area contributed by atoms with Crippen molar-refractivity contribution in [3.8, 4) is 0 Å². The number of nitrogens with two attached hydrogens (primary N) is 1. The standard InChI is InChI=1S/C12H19N3S/c1-15(8-11-4-2-3-6-14-11)12(9-13)5-7-16-10-12/h2-4,6H,5,7-10,13H2,1H3. The number of thioether (sulfide) groups is 1. The molecule has 0 bridgehead atoms. The Hall–Kier alpha value is -0.580. The van der Waals surface area contributed by atoms with E-state index in [1.165, 1.54) is 12.2 Å². The molecule has 0 saturated carbocycles. The van der Waals surface area contributed by atoms with Crippen molar-refractivity contribution in [3.05, 3.63) is 30.1 Å². The van der Waals surface area contributed by atoms with Crippen molar-refractivity contribution < 1.29 is 0 Å². The highest BCUT2D eigenvalue weighted by molar-refractivity contribution is 7.99. The Morgan fingerprint density at radius 1 is 1.56 bits per heavy atom. The Labute approximate surface area is 101 Å². The van der Waals surface area contributed by atoms with E-state index in [9.17, 15) is 0 Å². The molecule has 2 rings (SSSR count). The van der Waals surface area contributed by atoms with Gasteiger partial charge in [-0.3, -0.25) is 9.88 Å². The Balaban J connectivity index is 2.04. The van der Waals surface area contributed by atoms with E-state index in [1.807, 2.05) is 30.1 Å². The minimum atomic E-state index is 0.183. The summed E-state index contributed by atoms with van der Waals surface area (Å²) in [5, 5.41) is 0. The normalized spacial score (nSPS) is 25.2. The molecule has 1 saturated heterocycles. The average Bonchev–Trinajstić information content (AvgIpc) is 2.80. The second kappa shape index (κ2) is 5.17. The molecular formula is C12H19N3S. The van der Waals surface area contributed by atoms with E-state index in [0.717, 1.165) is 24.5 Å². The molecule has 0 aliphatic carbocycles. The van der Waals surface area contributed by atoms with Gasteiger partial charge in [-0.15, -0.1) is 0 Å². The minimum Gasteiger partial charge on any atom is -0.329 e. The van der Waals surface area contributed by atoms with Gasteiger partial charge in [0, 0.05) is 30.6 Å². The Kier molecular flexibility index (Phi) is 3.84. The molecule has 1 atom stereocenters. The molecule has 0 spiro atoms. The van der Waals surface area contributed by atoms with Crippen LogP contribution >= 0.6 is 11.8 Å². The maximum atomic E-state index is 5.95. The predicted octanol–water partition coefficient (Wildman–Crippen LogP) is 1.35. The first-order valence-electron chi connectivity index (χ1n) is 5.66. The molecule has 1 aliphatic rings. The Bertz CT molecular complexity index is 322. The number of aromatic nitrogens is 1. The fourth-order valence-corrected chi connectivity index (χ4v) is 3.65. The maximum Gasteiger partial charge on any atom is 0.0544 e. The van der Waals surface area contributed by atoms with E-state index in [2.05, 4.69) is 23.0 Å². The summed E-state index contributed by atoms with van der Waals surface area (Å²) in [4.78, 5) is 6.74. The molecule has 3 nitrogen and oxygen atoms in total. The van der Waals surface area contributed by atoms with Gasteiger partial charge in [-0.2, -0.15) is 11.8 Å². The van der Waals surface area contributed by atoms with Gasteiger partial charge in [-0.1, -0.05) is 6.07 Å². The highest BCUT2D eigenvalue weighted by Gasteiger charge is 2.36. The van der Waals surface area contributed by atoms with E-state index >= 15 is 0 Å². The van der Waals surface area contributed by atoms with Gasteiger partial charge in [-0.25, -0.2) is 0 Å². The zero-order valence-electron chi connectivity index (χ0n) is 9.72. The first-order chi connectivity index (χ1) is 7.77. The lowest BCUT2D eigenvalue weighted by atomic mass is 9.97. The molecule has 1 aromatic rings. The largest absolute Gasteiger partial charge is 0.329 e. The lowest BCUT2D eigenvalue weighted by molar-refractivity contribution is 0.142. The van der Waals surface area contributed by atoms with Gasteiger partial charge in [0.25, 0.3) is 0 Å². The molecule has 1 aliphatic heterocycles. The smallest absolute Gasteiger partial charge is 0.0544 e. The van der Waals surface area contributed by atoms with Crippen molar-refractivity contribution in [2.24, 2.45) is 5.73 Å². The summed E-state index contributed by atoms with van der Waals surface area (Å²) in [5.41, 5.74) is 7.25. The van der Waals surface area contributed by atoms with Crippen LogP contribution in [0.5, 0.6) is 0 Å². The summed E-state index contributed by atoms with van der Waals surface area (Å²) in [5.74, 6) is 2.37. The number of nitrogens with zero attached hydrogens (tertiary/aromatic N) is 2. The summed E-state index contributed by atoms with van der Waals surface area (Å²) in [6, 6.07) is 6.06. The SMILES string of the molecule is CN(Cc1ccccn1)C1(CN)CCSC1. The molecule has 2 heterocycles. The van der Waals surface area contributed by atoms with Crippen LogP contribution in [0.1, 0.15) is 12.1 Å². The van der Waals surface area contributed by atoms with Crippen LogP contribution in [0.25, 0.3) is 0 Å². The third-order valence-electron chi connectivity index (χ3n) is 3.40. The van der Waals surface area contributed by atoms with Crippen LogP contribution in [-0.4, -0.2) is 40.5 Å². The molecule has 1 fully saturated rings. The second-order valence-corrected chi connectivity index (χ2v) is 5.51. The summed E-state index contributed by atoms with van der Waals surface area (Å²) in [7, 11) is 2.16. The van der Waals surface area contributed by atoms with Crippen molar-refractivity contribution in [3.63, 3.8) is 0 Å². The van der Waals surface area contributed by atoms with Crippen LogP contribution in [0.4, 0.5) is 0 Å². The van der Waals surface area contributed by atoms with Gasteiger partial charge in [-0.05, 0) is 31.4 Å². The third kappa shape index (κ3) is 2.39. The highest BCUT2D eigenvalue weighted by atomic mass is 32.2. The molecule has 0 amide bonds. The molecule has 0 aromatic carbocycles. The zero-order valence-corrected chi connectivity index (χ0v) is 10.5. The van der Waals surface area contributed by atoms with Gasteiger partial charge in [0.1, 0.15) is 0 Å². The molecular weight excluding hydrogens is 218 g/mol. The highest BCUT2D eigenvalue weighted by Crippen LogP contribution is 2.32. The first kappa shape index (κ1) is 11.9. The van der Waals surface area contributed by atoms with E-state index in [4.69, 9.17) is 5.73 Å². The van der Waals surface area contributed by atoms with Gasteiger partial charge >= 0.3 is 0 Å². The van der Waals surface area contributed by atoms with Crippen molar-refractivity contribution in [1.29, 1.82) is 0 Å². The third-order valence-corrected chi connectivity index (χ3v) is 4.63. The summed E-state index contributed by atoms with van der Waals surface area (Å²) >= 11 is 2.00. The number of hydrogen-bond acceptors (Lipinski definition) is 4. The van der Waals surface area contributed by atoms with Gasteiger partial charge in [0.2, 0.25) is 0 Å². The summed E-state index contributed by atoms with van der Waals surface area (Å²) < 4.78 is 0. The molecule has 1 unspecified atom stereocenters. The Morgan fingerprint density at radius 2 is 2.44 bits per heavy atom. The number of likely N-dealkylation sites (N-methyl/N-ethyl adjacent to an activating group) is 1. The fraction of sp³-hybridized carbons (Fsp3) is 0.583. The van der Waals surface area contributed by atoms with Gasteiger partial charge in [0.15, 0.2) is 0 Å². The lowest BCUT2D eigenvalue weighted by Crippen LogP contribution is -2.51. The van der Waals surface area contributed by atoms with E-state index < -0.39 is 0 Å². The first-order valence-corrected chi connectivity index (χ1v) is 6.81. The zero-order chi connectivity index (χ0) is 11.4. The lowest BCUT2D eigenvalue weighted by Gasteiger charge is -2.37. The molecule has 16 heavy (non-hydrogen) atoms. The van der Waals surface area contributed by atoms with E-state index in [1.54, 1.807) is 0 Å². The van der Waals surface area contributed by atoms with Crippen LogP contribution in [0.2, 0.25) is 0 Å². The number of rotatable bonds is 4. The minimum absolute atomic E-state index is 0.183. The fourth-order valence-electron chi connectivity index (χ4n) is 2.12. The quantitative estimate of drug-likeness (QED) is 0.858. The van der Waals surface area contributed by atoms with Crippen molar-refractivity contribution in [1.82, 2.24) is 9.88 Å². The van der Waals surface area contributed by atoms with Crippen molar-refractivity contribution in [2.75, 3.05) is 25.1 Å². The van der Waals surface area contributed by atoms with Crippen LogP contribution in [-0.2, 0) is 6.54 Å². The molecule has 2 N–H and O–H groups in total. The maximum absolute atomic E-state index is 5.95. The molecule has 88 valence electrons. The Morgan fingerprint density at radius 3 is 3.00 bits per heavy atom. The predicted molar refractivity (Wildman–Crippen MR) is 69.4 cm³/mol. The number of pyridine rings is 1. The monoisotopic (exact) mass is 237 g/mol. The topological polar surface area (TPSA) is 42.2 Å². The molecule has 4 heteroatoms. The van der Waals surface area contributed by atoms with E-state index in [-0.39, 0.29) is 5.54 Å². The second-order valence-electron chi connectivity index (χ2n) is 4.41. The van der Waals surface area contributed by atoms with E-state index in [0.29, 0.717) is 0 Å². The van der Waals surface area contributed by atoms with Gasteiger partial charge in [0.05, 0.1) is 5.69 Å². The van der Waals surface area contributed by atoms with Crippen molar-refractivity contribution in [2.45, 2.75) is 18.5 Å². The van der Waals surface area contributed by atoms with Crippen LogP contribution in [0.15, 0.2) is 24.4 Å². The summed E-state index contributed by atoms with van der Waals surface area (Å²) in [6.45, 7) is 1.63. The summed E-state index contributed by atoms with van der Waals surface area (Å²) in [6.07, 6.45) is 3.04. The van der Waals surface area contributed by atoms with Gasteiger partial charge < -0.3 is 5.73 Å². The average molecular weight is 237 g/mol.